The zero-order valence-corrected chi connectivity index (χ0v) is 8.25. The first-order valence-corrected chi connectivity index (χ1v) is 4.90. The average molecular weight is 199 g/mol. The van der Waals surface area contributed by atoms with Gasteiger partial charge in [-0.25, -0.2) is 4.39 Å². The van der Waals surface area contributed by atoms with Gasteiger partial charge in [-0.15, -0.1) is 0 Å². The van der Waals surface area contributed by atoms with Crippen molar-refractivity contribution in [2.45, 2.75) is 32.6 Å². The number of hydrogen-bond donors (Lipinski definition) is 0. The molecule has 1 aliphatic heterocycles. The van der Waals surface area contributed by atoms with Crippen LogP contribution in [-0.2, 0) is 9.59 Å². The molecule has 0 fully saturated rings. The highest BCUT2D eigenvalue weighted by molar-refractivity contribution is 6.14. The summed E-state index contributed by atoms with van der Waals surface area (Å²) in [5.41, 5.74) is 0. The van der Waals surface area contributed by atoms with E-state index in [4.69, 9.17) is 0 Å². The van der Waals surface area contributed by atoms with Gasteiger partial charge >= 0.3 is 0 Å². The van der Waals surface area contributed by atoms with Crippen LogP contribution in [0.25, 0.3) is 0 Å². The van der Waals surface area contributed by atoms with Gasteiger partial charge in [0.1, 0.15) is 0 Å². The molecule has 3 nitrogen and oxygen atoms in total. The molecule has 0 aromatic rings. The first kappa shape index (κ1) is 10.9. The van der Waals surface area contributed by atoms with Gasteiger partial charge < -0.3 is 0 Å². The Labute approximate surface area is 82.6 Å². The smallest absolute Gasteiger partial charge is 0.273 e. The highest BCUT2D eigenvalue weighted by Crippen LogP contribution is 2.14. The van der Waals surface area contributed by atoms with Crippen LogP contribution >= 0.6 is 0 Å². The molecule has 78 valence electrons. The lowest BCUT2D eigenvalue weighted by atomic mass is 10.2. The van der Waals surface area contributed by atoms with Crippen LogP contribution in [0.5, 0.6) is 0 Å². The van der Waals surface area contributed by atoms with Crippen molar-refractivity contribution >= 4 is 11.8 Å². The molecular weight excluding hydrogens is 185 g/mol. The molecule has 2 amide bonds. The summed E-state index contributed by atoms with van der Waals surface area (Å²) in [4.78, 5) is 23.1. The minimum absolute atomic E-state index is 0.335. The fraction of sp³-hybridized carbons (Fsp3) is 0.600. The van der Waals surface area contributed by atoms with E-state index in [2.05, 4.69) is 6.92 Å². The minimum Gasteiger partial charge on any atom is -0.273 e. The van der Waals surface area contributed by atoms with E-state index in [1.807, 2.05) is 0 Å². The highest BCUT2D eigenvalue weighted by atomic mass is 19.1. The molecule has 0 N–H and O–H groups in total. The van der Waals surface area contributed by atoms with Crippen LogP contribution in [-0.4, -0.2) is 23.3 Å². The van der Waals surface area contributed by atoms with Crippen LogP contribution in [0.1, 0.15) is 32.6 Å². The van der Waals surface area contributed by atoms with Gasteiger partial charge in [0.25, 0.3) is 11.8 Å². The topological polar surface area (TPSA) is 37.4 Å². The highest BCUT2D eigenvalue weighted by Gasteiger charge is 2.30. The van der Waals surface area contributed by atoms with E-state index < -0.39 is 17.6 Å². The Balaban J connectivity index is 2.33. The molecule has 0 atom stereocenters. The number of hydrogen-bond acceptors (Lipinski definition) is 2. The lowest BCUT2D eigenvalue weighted by Gasteiger charge is -2.12. The molecule has 0 aliphatic carbocycles. The average Bonchev–Trinajstić information content (AvgIpc) is 2.38. The number of unbranched alkanes of at least 4 members (excludes halogenated alkanes) is 3. The van der Waals surface area contributed by atoms with Gasteiger partial charge in [0.2, 0.25) is 0 Å². The molecule has 1 heterocycles. The monoisotopic (exact) mass is 199 g/mol. The van der Waals surface area contributed by atoms with Crippen molar-refractivity contribution in [1.82, 2.24) is 4.90 Å². The van der Waals surface area contributed by atoms with Crippen LogP contribution in [0.3, 0.4) is 0 Å². The van der Waals surface area contributed by atoms with Crippen molar-refractivity contribution < 1.29 is 14.0 Å². The SMILES string of the molecule is CCCCCCN1C(=O)C=C(F)C1=O. The second kappa shape index (κ2) is 4.88. The van der Waals surface area contributed by atoms with Crippen molar-refractivity contribution in [3.63, 3.8) is 0 Å². The number of carbonyl (C=O) groups excluding carboxylic acids is 2. The summed E-state index contributed by atoms with van der Waals surface area (Å²) in [6.07, 6.45) is 4.64. The molecule has 0 bridgehead atoms. The van der Waals surface area contributed by atoms with Gasteiger partial charge in [-0.05, 0) is 6.42 Å². The van der Waals surface area contributed by atoms with Crippen molar-refractivity contribution in [1.29, 1.82) is 0 Å². The molecule has 0 saturated carbocycles. The molecule has 1 rings (SSSR count). The zero-order chi connectivity index (χ0) is 10.6. The van der Waals surface area contributed by atoms with Crippen LogP contribution in [0, 0.1) is 0 Å². The maximum Gasteiger partial charge on any atom is 0.289 e. The van der Waals surface area contributed by atoms with Crippen LogP contribution in [0.4, 0.5) is 4.39 Å². The molecule has 0 saturated heterocycles. The van der Waals surface area contributed by atoms with Gasteiger partial charge in [0.15, 0.2) is 5.83 Å². The predicted octanol–water partition coefficient (Wildman–Crippen LogP) is 1.79. The Morgan fingerprint density at radius 3 is 2.50 bits per heavy atom. The number of imide groups is 1. The summed E-state index contributed by atoms with van der Waals surface area (Å²) < 4.78 is 12.6. The van der Waals surface area contributed by atoms with Crippen molar-refractivity contribution in [3.05, 3.63) is 11.9 Å². The fourth-order valence-electron chi connectivity index (χ4n) is 1.39. The molecule has 0 aromatic carbocycles. The third kappa shape index (κ3) is 2.40. The molecule has 14 heavy (non-hydrogen) atoms. The Bertz CT molecular complexity index is 273. The normalized spacial score (nSPS) is 16.4. The Morgan fingerprint density at radius 1 is 1.29 bits per heavy atom. The number of carbonyl (C=O) groups is 2. The second-order valence-corrected chi connectivity index (χ2v) is 3.35. The van der Waals surface area contributed by atoms with Gasteiger partial charge in [0.05, 0.1) is 0 Å². The third-order valence-corrected chi connectivity index (χ3v) is 2.20. The summed E-state index contributed by atoms with van der Waals surface area (Å²) in [6, 6.07) is 0. The van der Waals surface area contributed by atoms with Crippen LogP contribution in [0.2, 0.25) is 0 Å². The van der Waals surface area contributed by atoms with E-state index in [9.17, 15) is 14.0 Å². The lowest BCUT2D eigenvalue weighted by molar-refractivity contribution is -0.137. The number of amides is 2. The van der Waals surface area contributed by atoms with E-state index in [0.29, 0.717) is 6.54 Å². The Morgan fingerprint density at radius 2 is 2.00 bits per heavy atom. The lowest BCUT2D eigenvalue weighted by Crippen LogP contribution is -2.31. The van der Waals surface area contributed by atoms with Gasteiger partial charge in [-0.2, -0.15) is 0 Å². The molecule has 0 radical (unpaired) electrons. The van der Waals surface area contributed by atoms with Crippen molar-refractivity contribution in [2.24, 2.45) is 0 Å². The molecule has 0 unspecified atom stereocenters. The molecular formula is C10H14FNO2. The van der Waals surface area contributed by atoms with Crippen LogP contribution < -0.4 is 0 Å². The van der Waals surface area contributed by atoms with E-state index in [1.54, 1.807) is 0 Å². The van der Waals surface area contributed by atoms with E-state index in [1.165, 1.54) is 0 Å². The summed E-state index contributed by atoms with van der Waals surface area (Å²) in [5, 5.41) is 0. The number of nitrogens with zero attached hydrogens (tertiary/aromatic N) is 1. The van der Waals surface area contributed by atoms with E-state index >= 15 is 0 Å². The molecule has 0 aromatic heterocycles. The van der Waals surface area contributed by atoms with Crippen molar-refractivity contribution in [2.75, 3.05) is 6.54 Å². The first-order chi connectivity index (χ1) is 6.66. The van der Waals surface area contributed by atoms with Gasteiger partial charge in [0, 0.05) is 12.6 Å². The predicted molar refractivity (Wildman–Crippen MR) is 50.1 cm³/mol. The quantitative estimate of drug-likeness (QED) is 0.500. The molecule has 4 heteroatoms. The summed E-state index contributed by atoms with van der Waals surface area (Å²) >= 11 is 0. The minimum atomic E-state index is -0.939. The maximum absolute atomic E-state index is 12.6. The van der Waals surface area contributed by atoms with Crippen molar-refractivity contribution in [3.8, 4) is 0 Å². The third-order valence-electron chi connectivity index (χ3n) is 2.20. The fourth-order valence-corrected chi connectivity index (χ4v) is 1.39. The summed E-state index contributed by atoms with van der Waals surface area (Å²) in [7, 11) is 0. The van der Waals surface area contributed by atoms with E-state index in [0.717, 1.165) is 36.7 Å². The van der Waals surface area contributed by atoms with E-state index in [-0.39, 0.29) is 0 Å². The molecule has 0 spiro atoms. The van der Waals surface area contributed by atoms with Crippen LogP contribution in [0.15, 0.2) is 11.9 Å². The summed E-state index contributed by atoms with van der Waals surface area (Å²) in [6.45, 7) is 2.41. The number of halogens is 1. The molecule has 1 aliphatic rings. The van der Waals surface area contributed by atoms with Gasteiger partial charge in [-0.1, -0.05) is 26.2 Å². The summed E-state index contributed by atoms with van der Waals surface area (Å²) in [5.74, 6) is -2.25. The first-order valence-electron chi connectivity index (χ1n) is 4.90. The number of rotatable bonds is 5. The maximum atomic E-state index is 12.6. The zero-order valence-electron chi connectivity index (χ0n) is 8.25. The van der Waals surface area contributed by atoms with Gasteiger partial charge in [-0.3, -0.25) is 14.5 Å². The Kier molecular flexibility index (Phi) is 3.80. The standard InChI is InChI=1S/C10H14FNO2/c1-2-3-4-5-6-12-9(13)7-8(11)10(12)14/h7H,2-6H2,1H3. The largest absolute Gasteiger partial charge is 0.289 e. The Hall–Kier alpha value is -1.19. The second-order valence-electron chi connectivity index (χ2n) is 3.35.